The van der Waals surface area contributed by atoms with Crippen molar-refractivity contribution in [1.29, 1.82) is 0 Å². The molecule has 2 aromatic carbocycles. The Hall–Kier alpha value is -2.23. The van der Waals surface area contributed by atoms with Gasteiger partial charge in [-0.15, -0.1) is 0 Å². The monoisotopic (exact) mass is 216 g/mol. The zero-order valence-electron chi connectivity index (χ0n) is 8.18. The van der Waals surface area contributed by atoms with Crippen molar-refractivity contribution in [2.45, 2.75) is 0 Å². The van der Waals surface area contributed by atoms with E-state index in [1.165, 1.54) is 24.3 Å². The first kappa shape index (κ1) is 10.3. The van der Waals surface area contributed by atoms with Crippen molar-refractivity contribution in [3.8, 4) is 11.1 Å². The van der Waals surface area contributed by atoms with E-state index in [1.54, 1.807) is 18.2 Å². The molecule has 79 valence electrons. The van der Waals surface area contributed by atoms with Crippen LogP contribution >= 0.6 is 0 Å². The first-order valence-electron chi connectivity index (χ1n) is 4.59. The maximum atomic E-state index is 12.7. The molecule has 0 heterocycles. The van der Waals surface area contributed by atoms with Crippen molar-refractivity contribution in [3.05, 3.63) is 64.5 Å². The average Bonchev–Trinajstić information content (AvgIpc) is 2.30. The summed E-state index contributed by atoms with van der Waals surface area (Å²) in [4.78, 5) is 9.91. The maximum Gasteiger partial charge on any atom is 0.277 e. The topological polar surface area (TPSA) is 43.1 Å². The minimum Gasteiger partial charge on any atom is -0.258 e. The second kappa shape index (κ2) is 4.10. The molecular weight excluding hydrogens is 209 g/mol. The number of nitro groups is 1. The summed E-state index contributed by atoms with van der Waals surface area (Å²) in [6.45, 7) is 0. The molecule has 4 heteroatoms. The smallest absolute Gasteiger partial charge is 0.258 e. The van der Waals surface area contributed by atoms with Crippen LogP contribution in [0.5, 0.6) is 0 Å². The van der Waals surface area contributed by atoms with Gasteiger partial charge in [0.15, 0.2) is 0 Å². The van der Waals surface area contributed by atoms with Crippen LogP contribution in [-0.2, 0) is 0 Å². The lowest BCUT2D eigenvalue weighted by Gasteiger charge is -2.00. The lowest BCUT2D eigenvalue weighted by atomic mass is 10.1. The fourth-order valence-electron chi connectivity index (χ4n) is 1.35. The van der Waals surface area contributed by atoms with Crippen LogP contribution in [0.4, 0.5) is 10.1 Å². The van der Waals surface area contributed by atoms with Gasteiger partial charge in [0.1, 0.15) is 5.82 Å². The summed E-state index contributed by atoms with van der Waals surface area (Å²) in [6.07, 6.45) is 0. The Kier molecular flexibility index (Phi) is 2.64. The molecule has 1 radical (unpaired) electrons. The van der Waals surface area contributed by atoms with E-state index in [4.69, 9.17) is 0 Å². The van der Waals surface area contributed by atoms with E-state index in [2.05, 4.69) is 6.07 Å². The molecule has 0 bridgehead atoms. The molecule has 0 aliphatic rings. The Labute approximate surface area is 91.3 Å². The van der Waals surface area contributed by atoms with Gasteiger partial charge in [-0.3, -0.25) is 10.1 Å². The Bertz CT molecular complexity index is 506. The fraction of sp³-hybridized carbons (Fsp3) is 0. The Morgan fingerprint density at radius 1 is 1.06 bits per heavy atom. The number of non-ortho nitro benzene ring substituents is 1. The molecular formula is C12H7FNO2. The van der Waals surface area contributed by atoms with Crippen molar-refractivity contribution >= 4 is 5.69 Å². The fourth-order valence-corrected chi connectivity index (χ4v) is 1.35. The molecule has 0 N–H and O–H groups in total. The van der Waals surface area contributed by atoms with Gasteiger partial charge in [0.25, 0.3) is 5.69 Å². The number of nitrogens with zero attached hydrogens (tertiary/aromatic N) is 1. The van der Waals surface area contributed by atoms with Crippen LogP contribution in [0.2, 0.25) is 0 Å². The molecule has 0 amide bonds. The Balaban J connectivity index is 2.34. The highest BCUT2D eigenvalue weighted by Gasteiger charge is 2.05. The Morgan fingerprint density at radius 2 is 1.69 bits per heavy atom. The maximum absolute atomic E-state index is 12.7. The summed E-state index contributed by atoms with van der Waals surface area (Å²) in [7, 11) is 0. The van der Waals surface area contributed by atoms with Crippen LogP contribution in [0.3, 0.4) is 0 Å². The summed E-state index contributed by atoms with van der Waals surface area (Å²) >= 11 is 0. The third-order valence-corrected chi connectivity index (χ3v) is 2.17. The minimum atomic E-state index is -0.506. The molecule has 2 rings (SSSR count). The van der Waals surface area contributed by atoms with Crippen LogP contribution in [0.1, 0.15) is 0 Å². The molecule has 0 aromatic heterocycles. The first-order valence-corrected chi connectivity index (χ1v) is 4.59. The van der Waals surface area contributed by atoms with E-state index in [0.29, 0.717) is 0 Å². The molecule has 16 heavy (non-hydrogen) atoms. The quantitative estimate of drug-likeness (QED) is 0.571. The second-order valence-electron chi connectivity index (χ2n) is 3.23. The lowest BCUT2D eigenvalue weighted by molar-refractivity contribution is -0.385. The first-order chi connectivity index (χ1) is 7.66. The molecule has 3 nitrogen and oxygen atoms in total. The second-order valence-corrected chi connectivity index (χ2v) is 3.23. The van der Waals surface area contributed by atoms with Crippen LogP contribution < -0.4 is 0 Å². The molecule has 0 aliphatic carbocycles. The van der Waals surface area contributed by atoms with Crippen LogP contribution in [0.15, 0.2) is 42.5 Å². The lowest BCUT2D eigenvalue weighted by Crippen LogP contribution is -1.87. The van der Waals surface area contributed by atoms with Crippen molar-refractivity contribution in [3.63, 3.8) is 0 Å². The van der Waals surface area contributed by atoms with Gasteiger partial charge < -0.3 is 0 Å². The van der Waals surface area contributed by atoms with Gasteiger partial charge in [-0.25, -0.2) is 4.39 Å². The van der Waals surface area contributed by atoms with E-state index in [1.807, 2.05) is 0 Å². The van der Waals surface area contributed by atoms with Crippen LogP contribution in [0, 0.1) is 22.0 Å². The SMILES string of the molecule is O=[N+]([O-])c1[c]cc(-c2ccc(F)cc2)cc1. The van der Waals surface area contributed by atoms with Gasteiger partial charge in [0.05, 0.1) is 11.0 Å². The standard InChI is InChI=1S/C12H7FNO2/c13-11-5-1-9(2-6-11)10-3-7-12(8-4-10)14(15)16/h1-7H. The minimum absolute atomic E-state index is 0.0779. The normalized spacial score (nSPS) is 10.1. The predicted octanol–water partition coefficient (Wildman–Crippen LogP) is 3.20. The van der Waals surface area contributed by atoms with E-state index in [-0.39, 0.29) is 11.5 Å². The molecule has 2 aromatic rings. The van der Waals surface area contributed by atoms with E-state index in [9.17, 15) is 14.5 Å². The number of halogens is 1. The van der Waals surface area contributed by atoms with E-state index in [0.717, 1.165) is 11.1 Å². The van der Waals surface area contributed by atoms with Gasteiger partial charge in [0, 0.05) is 6.07 Å². The Morgan fingerprint density at radius 3 is 2.19 bits per heavy atom. The summed E-state index contributed by atoms with van der Waals surface area (Å²) in [6, 6.07) is 13.0. The highest BCUT2D eigenvalue weighted by molar-refractivity contribution is 5.64. The molecule has 0 spiro atoms. The van der Waals surface area contributed by atoms with E-state index < -0.39 is 4.92 Å². The van der Waals surface area contributed by atoms with Crippen molar-refractivity contribution in [2.24, 2.45) is 0 Å². The molecule has 0 unspecified atom stereocenters. The summed E-state index contributed by atoms with van der Waals surface area (Å²) < 4.78 is 12.7. The third-order valence-electron chi connectivity index (χ3n) is 2.17. The molecule has 0 atom stereocenters. The van der Waals surface area contributed by atoms with Crippen LogP contribution in [-0.4, -0.2) is 4.92 Å². The number of rotatable bonds is 2. The van der Waals surface area contributed by atoms with Crippen molar-refractivity contribution in [1.82, 2.24) is 0 Å². The number of hydrogen-bond acceptors (Lipinski definition) is 2. The van der Waals surface area contributed by atoms with Gasteiger partial charge in [-0.1, -0.05) is 12.1 Å². The van der Waals surface area contributed by atoms with Crippen molar-refractivity contribution < 1.29 is 9.31 Å². The summed E-state index contributed by atoms with van der Waals surface area (Å²) in [5.41, 5.74) is 1.49. The van der Waals surface area contributed by atoms with Crippen LogP contribution in [0.25, 0.3) is 11.1 Å². The van der Waals surface area contributed by atoms with Gasteiger partial charge in [-0.2, -0.15) is 0 Å². The molecule has 0 aliphatic heterocycles. The molecule has 0 fully saturated rings. The van der Waals surface area contributed by atoms with E-state index >= 15 is 0 Å². The summed E-state index contributed by atoms with van der Waals surface area (Å²) in [5.74, 6) is -0.311. The number of hydrogen-bond donors (Lipinski definition) is 0. The zero-order chi connectivity index (χ0) is 11.5. The summed E-state index contributed by atoms with van der Waals surface area (Å²) in [5, 5.41) is 10.4. The highest BCUT2D eigenvalue weighted by Crippen LogP contribution is 2.21. The number of nitro benzene ring substituents is 1. The molecule has 0 saturated carbocycles. The van der Waals surface area contributed by atoms with Crippen molar-refractivity contribution in [2.75, 3.05) is 0 Å². The largest absolute Gasteiger partial charge is 0.277 e. The third kappa shape index (κ3) is 2.06. The predicted molar refractivity (Wildman–Crippen MR) is 57.3 cm³/mol. The van der Waals surface area contributed by atoms with Gasteiger partial charge >= 0.3 is 0 Å². The number of benzene rings is 2. The van der Waals surface area contributed by atoms with Gasteiger partial charge in [-0.05, 0) is 35.4 Å². The van der Waals surface area contributed by atoms with Gasteiger partial charge in [0.2, 0.25) is 0 Å². The highest BCUT2D eigenvalue weighted by atomic mass is 19.1. The molecule has 0 saturated heterocycles. The average molecular weight is 216 g/mol. The zero-order valence-corrected chi connectivity index (χ0v) is 8.18.